The maximum absolute atomic E-state index is 12.4. The van der Waals surface area contributed by atoms with Gasteiger partial charge in [0.15, 0.2) is 5.82 Å². The van der Waals surface area contributed by atoms with Crippen LogP contribution in [0.2, 0.25) is 0 Å². The van der Waals surface area contributed by atoms with Gasteiger partial charge in [-0.1, -0.05) is 13.8 Å². The maximum atomic E-state index is 12.4. The Morgan fingerprint density at radius 1 is 1.33 bits per heavy atom. The molecule has 114 valence electrons. The van der Waals surface area contributed by atoms with Crippen molar-refractivity contribution in [3.63, 3.8) is 0 Å². The highest BCUT2D eigenvalue weighted by atomic mass is 32.1. The molecular weight excluding hydrogens is 284 g/mol. The van der Waals surface area contributed by atoms with E-state index in [9.17, 15) is 4.79 Å². The van der Waals surface area contributed by atoms with Gasteiger partial charge in [0, 0.05) is 23.8 Å². The topological polar surface area (TPSA) is 59.8 Å². The van der Waals surface area contributed by atoms with Crippen LogP contribution in [0.15, 0.2) is 17.2 Å². The van der Waals surface area contributed by atoms with Gasteiger partial charge in [0.1, 0.15) is 0 Å². The molecule has 2 heterocycles. The number of hydrogen-bond acceptors (Lipinski definition) is 5. The maximum Gasteiger partial charge on any atom is 0.293 e. The minimum absolute atomic E-state index is 0.0197. The molecule has 6 heteroatoms. The summed E-state index contributed by atoms with van der Waals surface area (Å²) in [6.45, 7) is 10.9. The van der Waals surface area contributed by atoms with Crippen LogP contribution in [0.25, 0.3) is 0 Å². The van der Waals surface area contributed by atoms with Gasteiger partial charge in [0.25, 0.3) is 5.56 Å². The number of nitrogens with one attached hydrogen (secondary N) is 1. The van der Waals surface area contributed by atoms with E-state index in [0.717, 1.165) is 15.6 Å². The van der Waals surface area contributed by atoms with Gasteiger partial charge in [-0.05, 0) is 26.7 Å². The largest absolute Gasteiger partial charge is 0.358 e. The van der Waals surface area contributed by atoms with Crippen molar-refractivity contribution < 1.29 is 0 Å². The fourth-order valence-electron chi connectivity index (χ4n) is 2.30. The number of aryl methyl sites for hydroxylation is 2. The third kappa shape index (κ3) is 3.69. The first-order valence-corrected chi connectivity index (χ1v) is 7.96. The van der Waals surface area contributed by atoms with Crippen LogP contribution in [0.4, 0.5) is 5.82 Å². The normalized spacial score (nSPS) is 12.7. The van der Waals surface area contributed by atoms with Gasteiger partial charge in [-0.15, -0.1) is 11.3 Å². The van der Waals surface area contributed by atoms with Gasteiger partial charge >= 0.3 is 0 Å². The molecule has 21 heavy (non-hydrogen) atoms. The summed E-state index contributed by atoms with van der Waals surface area (Å²) >= 11 is 1.65. The molecule has 2 aromatic rings. The zero-order valence-electron chi connectivity index (χ0n) is 13.2. The lowest BCUT2D eigenvalue weighted by atomic mass is 10.2. The summed E-state index contributed by atoms with van der Waals surface area (Å²) in [5.74, 6) is 0.817. The van der Waals surface area contributed by atoms with Crippen molar-refractivity contribution in [1.29, 1.82) is 0 Å². The van der Waals surface area contributed by atoms with Crippen molar-refractivity contribution in [1.82, 2.24) is 14.5 Å². The average Bonchev–Trinajstić information content (AvgIpc) is 2.73. The minimum Gasteiger partial charge on any atom is -0.358 e. The smallest absolute Gasteiger partial charge is 0.293 e. The van der Waals surface area contributed by atoms with Crippen LogP contribution in [0.3, 0.4) is 0 Å². The van der Waals surface area contributed by atoms with Gasteiger partial charge in [-0.3, -0.25) is 4.79 Å². The van der Waals surface area contributed by atoms with E-state index >= 15 is 0 Å². The lowest BCUT2D eigenvalue weighted by Crippen LogP contribution is -2.26. The van der Waals surface area contributed by atoms with Crippen LogP contribution >= 0.6 is 11.3 Å². The minimum atomic E-state index is -0.0723. The zero-order chi connectivity index (χ0) is 15.6. The summed E-state index contributed by atoms with van der Waals surface area (Å²) in [4.78, 5) is 22.1. The summed E-state index contributed by atoms with van der Waals surface area (Å²) < 4.78 is 1.71. The van der Waals surface area contributed by atoms with Crippen LogP contribution in [0.1, 0.15) is 42.4 Å². The molecule has 0 aliphatic rings. The fraction of sp³-hybridized carbons (Fsp3) is 0.533. The monoisotopic (exact) mass is 306 g/mol. The van der Waals surface area contributed by atoms with Gasteiger partial charge in [0.05, 0.1) is 16.7 Å². The van der Waals surface area contributed by atoms with Crippen molar-refractivity contribution in [3.8, 4) is 0 Å². The first kappa shape index (κ1) is 15.7. The Bertz CT molecular complexity index is 675. The predicted molar refractivity (Wildman–Crippen MR) is 87.0 cm³/mol. The molecule has 0 fully saturated rings. The number of aromatic nitrogens is 3. The molecule has 2 rings (SSSR count). The van der Waals surface area contributed by atoms with Gasteiger partial charge in [-0.25, -0.2) is 9.97 Å². The number of rotatable bonds is 5. The second-order valence-corrected chi connectivity index (χ2v) is 6.91. The van der Waals surface area contributed by atoms with E-state index in [2.05, 4.69) is 29.1 Å². The quantitative estimate of drug-likeness (QED) is 0.922. The van der Waals surface area contributed by atoms with E-state index in [1.165, 1.54) is 0 Å². The molecule has 0 aromatic carbocycles. The second-order valence-electron chi connectivity index (χ2n) is 5.68. The van der Waals surface area contributed by atoms with E-state index in [-0.39, 0.29) is 11.6 Å². The SMILES string of the molecule is Cc1nc(C)c(C(C)Nc2nccn(CC(C)C)c2=O)s1. The van der Waals surface area contributed by atoms with Gasteiger partial charge in [0.2, 0.25) is 0 Å². The Balaban J connectivity index is 2.23. The highest BCUT2D eigenvalue weighted by molar-refractivity contribution is 7.11. The Hall–Kier alpha value is -1.69. The molecule has 0 aliphatic heterocycles. The van der Waals surface area contributed by atoms with Crippen molar-refractivity contribution in [2.45, 2.75) is 47.2 Å². The first-order valence-electron chi connectivity index (χ1n) is 7.14. The standard InChI is InChI=1S/C15H22N4OS/c1-9(2)8-19-7-6-16-14(15(19)20)18-11(4)13-10(3)17-12(5)21-13/h6-7,9,11H,8H2,1-5H3,(H,16,18). The fourth-order valence-corrected chi connectivity index (χ4v) is 3.23. The third-order valence-electron chi connectivity index (χ3n) is 3.16. The predicted octanol–water partition coefficient (Wildman–Crippen LogP) is 3.15. The van der Waals surface area contributed by atoms with Crippen LogP contribution < -0.4 is 10.9 Å². The molecule has 0 spiro atoms. The Morgan fingerprint density at radius 3 is 2.62 bits per heavy atom. The Kier molecular flexibility index (Phi) is 4.77. The van der Waals surface area contributed by atoms with Crippen molar-refractivity contribution >= 4 is 17.2 Å². The molecule has 1 atom stereocenters. The lowest BCUT2D eigenvalue weighted by Gasteiger charge is -2.15. The summed E-state index contributed by atoms with van der Waals surface area (Å²) in [7, 11) is 0. The lowest BCUT2D eigenvalue weighted by molar-refractivity contribution is 0.509. The van der Waals surface area contributed by atoms with E-state index in [4.69, 9.17) is 0 Å². The second kappa shape index (κ2) is 6.39. The molecule has 0 saturated heterocycles. The van der Waals surface area contributed by atoms with E-state index in [1.54, 1.807) is 28.3 Å². The summed E-state index contributed by atoms with van der Waals surface area (Å²) in [6.07, 6.45) is 3.41. The molecular formula is C15H22N4OS. The molecule has 0 amide bonds. The number of anilines is 1. The molecule has 0 aliphatic carbocycles. The molecule has 0 bridgehead atoms. The summed E-state index contributed by atoms with van der Waals surface area (Å²) in [6, 6.07) is 0.0197. The van der Waals surface area contributed by atoms with Crippen molar-refractivity contribution in [2.75, 3.05) is 5.32 Å². The average molecular weight is 306 g/mol. The van der Waals surface area contributed by atoms with Gasteiger partial charge < -0.3 is 9.88 Å². The summed E-state index contributed by atoms with van der Waals surface area (Å²) in [5, 5.41) is 4.26. The molecule has 0 saturated carbocycles. The zero-order valence-corrected chi connectivity index (χ0v) is 14.0. The molecule has 0 radical (unpaired) electrons. The Labute approximate surface area is 129 Å². The van der Waals surface area contributed by atoms with Crippen LogP contribution in [-0.2, 0) is 6.54 Å². The van der Waals surface area contributed by atoms with Crippen molar-refractivity contribution in [2.24, 2.45) is 5.92 Å². The third-order valence-corrected chi connectivity index (χ3v) is 4.42. The molecule has 5 nitrogen and oxygen atoms in total. The molecule has 1 unspecified atom stereocenters. The van der Waals surface area contributed by atoms with Crippen LogP contribution in [-0.4, -0.2) is 14.5 Å². The number of nitrogens with zero attached hydrogens (tertiary/aromatic N) is 3. The van der Waals surface area contributed by atoms with E-state index in [1.807, 2.05) is 20.8 Å². The summed E-state index contributed by atoms with van der Waals surface area (Å²) in [5.41, 5.74) is 0.938. The molecule has 1 N–H and O–H groups in total. The molecule has 2 aromatic heterocycles. The number of thiazole rings is 1. The Morgan fingerprint density at radius 2 is 2.05 bits per heavy atom. The highest BCUT2D eigenvalue weighted by Crippen LogP contribution is 2.26. The van der Waals surface area contributed by atoms with Crippen LogP contribution in [0.5, 0.6) is 0 Å². The highest BCUT2D eigenvalue weighted by Gasteiger charge is 2.15. The van der Waals surface area contributed by atoms with E-state index in [0.29, 0.717) is 18.3 Å². The van der Waals surface area contributed by atoms with Crippen molar-refractivity contribution in [3.05, 3.63) is 38.3 Å². The van der Waals surface area contributed by atoms with Gasteiger partial charge in [-0.2, -0.15) is 0 Å². The number of hydrogen-bond donors (Lipinski definition) is 1. The van der Waals surface area contributed by atoms with E-state index < -0.39 is 0 Å². The van der Waals surface area contributed by atoms with Crippen LogP contribution in [0, 0.1) is 19.8 Å². The first-order chi connectivity index (χ1) is 9.88.